The van der Waals surface area contributed by atoms with E-state index in [0.717, 1.165) is 25.7 Å². The van der Waals surface area contributed by atoms with Crippen molar-refractivity contribution < 1.29 is 9.46 Å². The lowest BCUT2D eigenvalue weighted by atomic mass is 9.95. The van der Waals surface area contributed by atoms with E-state index in [1.807, 2.05) is 6.92 Å². The molecule has 0 saturated heterocycles. The molecule has 0 spiro atoms. The molecule has 0 aromatic rings. The lowest BCUT2D eigenvalue weighted by Gasteiger charge is -2.21. The molecule has 0 saturated carbocycles. The van der Waals surface area contributed by atoms with Crippen molar-refractivity contribution in [2.24, 2.45) is 5.92 Å². The minimum atomic E-state index is -2.31. The van der Waals surface area contributed by atoms with Crippen LogP contribution in [0.15, 0.2) is 0 Å². The number of hydrogen-bond acceptors (Lipinski definition) is 1. The Bertz CT molecular complexity index is 136. The van der Waals surface area contributed by atoms with Crippen LogP contribution in [-0.4, -0.2) is 10.6 Å². The van der Waals surface area contributed by atoms with E-state index in [0.29, 0.717) is 5.92 Å². The van der Waals surface area contributed by atoms with Crippen LogP contribution in [0.3, 0.4) is 0 Å². The van der Waals surface area contributed by atoms with Crippen LogP contribution in [0.4, 0.5) is 0 Å². The van der Waals surface area contributed by atoms with Crippen LogP contribution in [0.2, 0.25) is 0 Å². The summed E-state index contributed by atoms with van der Waals surface area (Å²) in [6.45, 7) is 6.24. The van der Waals surface area contributed by atoms with Gasteiger partial charge in [-0.1, -0.05) is 33.6 Å². The summed E-state index contributed by atoms with van der Waals surface area (Å²) in [5.74, 6) is 0.455. The molecule has 12 heavy (non-hydrogen) atoms. The molecule has 0 fully saturated rings. The predicted octanol–water partition coefficient (Wildman–Crippen LogP) is 3.06. The molecule has 0 amide bonds. The van der Waals surface area contributed by atoms with Crippen LogP contribution in [0, 0.1) is 5.92 Å². The highest BCUT2D eigenvalue weighted by Gasteiger charge is 2.21. The fourth-order valence-corrected chi connectivity index (χ4v) is 2.93. The summed E-state index contributed by atoms with van der Waals surface area (Å²) in [5.41, 5.74) is 0.0555. The molecule has 0 aromatic carbocycles. The smallest absolute Gasteiger partial charge is 0.192 e. The van der Waals surface area contributed by atoms with Gasteiger partial charge in [-0.05, 0) is 18.8 Å². The Kier molecular flexibility index (Phi) is 6.78. The van der Waals surface area contributed by atoms with Crippen LogP contribution >= 0.6 is 8.03 Å². The fourth-order valence-electron chi connectivity index (χ4n) is 1.77. The molecule has 3 unspecified atom stereocenters. The lowest BCUT2D eigenvalue weighted by Crippen LogP contribution is -2.15. The van der Waals surface area contributed by atoms with Gasteiger partial charge in [-0.3, -0.25) is 4.57 Å². The van der Waals surface area contributed by atoms with E-state index in [4.69, 9.17) is 4.89 Å². The quantitative estimate of drug-likeness (QED) is 0.657. The standard InChI is InChI=1S/C9H21O2P/c1-4-7-8(5-2)9(6-3)12(10)11/h8-9,12H,4-7H2,1-3H3,(H,10,11). The van der Waals surface area contributed by atoms with Crippen LogP contribution in [0.25, 0.3) is 0 Å². The van der Waals surface area contributed by atoms with Crippen molar-refractivity contribution in [2.45, 2.75) is 52.1 Å². The van der Waals surface area contributed by atoms with E-state index in [9.17, 15) is 4.57 Å². The maximum absolute atomic E-state index is 11.0. The molecule has 0 aliphatic carbocycles. The van der Waals surface area contributed by atoms with Gasteiger partial charge < -0.3 is 4.89 Å². The normalized spacial score (nSPS) is 18.7. The first kappa shape index (κ1) is 12.2. The molecule has 0 aromatic heterocycles. The van der Waals surface area contributed by atoms with Crippen LogP contribution < -0.4 is 0 Å². The Balaban J connectivity index is 4.12. The maximum atomic E-state index is 11.0. The first-order valence-corrected chi connectivity index (χ1v) is 6.33. The van der Waals surface area contributed by atoms with Crippen molar-refractivity contribution in [3.05, 3.63) is 0 Å². The predicted molar refractivity (Wildman–Crippen MR) is 54.0 cm³/mol. The molecule has 0 heterocycles. The highest BCUT2D eigenvalue weighted by Crippen LogP contribution is 2.35. The van der Waals surface area contributed by atoms with Crippen molar-refractivity contribution in [1.29, 1.82) is 0 Å². The molecule has 74 valence electrons. The van der Waals surface area contributed by atoms with Crippen LogP contribution in [-0.2, 0) is 4.57 Å². The largest absolute Gasteiger partial charge is 0.346 e. The second-order valence-electron chi connectivity index (χ2n) is 3.31. The lowest BCUT2D eigenvalue weighted by molar-refractivity contribution is 0.396. The average Bonchev–Trinajstić information content (AvgIpc) is 2.03. The Labute approximate surface area is 76.2 Å². The van der Waals surface area contributed by atoms with E-state index in [1.165, 1.54) is 0 Å². The van der Waals surface area contributed by atoms with Gasteiger partial charge in [-0.25, -0.2) is 0 Å². The SMILES string of the molecule is CCCC(CC)C(CC)[PH](=O)O. The van der Waals surface area contributed by atoms with Crippen molar-refractivity contribution in [3.63, 3.8) is 0 Å². The van der Waals surface area contributed by atoms with Crippen molar-refractivity contribution in [1.82, 2.24) is 0 Å². The third-order valence-electron chi connectivity index (χ3n) is 2.51. The average molecular weight is 192 g/mol. The third kappa shape index (κ3) is 3.73. The van der Waals surface area contributed by atoms with Crippen molar-refractivity contribution >= 4 is 8.03 Å². The van der Waals surface area contributed by atoms with Gasteiger partial charge in [0.1, 0.15) is 0 Å². The van der Waals surface area contributed by atoms with E-state index in [1.54, 1.807) is 0 Å². The molecule has 3 atom stereocenters. The Morgan fingerprint density at radius 2 is 1.83 bits per heavy atom. The molecule has 3 heteroatoms. The third-order valence-corrected chi connectivity index (χ3v) is 4.02. The summed E-state index contributed by atoms with van der Waals surface area (Å²) < 4.78 is 11.0. The molecular weight excluding hydrogens is 171 g/mol. The topological polar surface area (TPSA) is 37.3 Å². The summed E-state index contributed by atoms with van der Waals surface area (Å²) in [5, 5.41) is 0. The van der Waals surface area contributed by atoms with Gasteiger partial charge in [0.05, 0.1) is 0 Å². The van der Waals surface area contributed by atoms with Crippen LogP contribution in [0.1, 0.15) is 46.5 Å². The Morgan fingerprint density at radius 3 is 2.08 bits per heavy atom. The highest BCUT2D eigenvalue weighted by molar-refractivity contribution is 7.38. The zero-order chi connectivity index (χ0) is 9.56. The van der Waals surface area contributed by atoms with Gasteiger partial charge in [-0.2, -0.15) is 0 Å². The number of rotatable bonds is 6. The first-order valence-electron chi connectivity index (χ1n) is 4.90. The van der Waals surface area contributed by atoms with Gasteiger partial charge >= 0.3 is 0 Å². The Hall–Kier alpha value is 0.190. The Morgan fingerprint density at radius 1 is 1.25 bits per heavy atom. The van der Waals surface area contributed by atoms with E-state index < -0.39 is 8.03 Å². The monoisotopic (exact) mass is 192 g/mol. The molecular formula is C9H21O2P. The molecule has 0 aliphatic heterocycles. The van der Waals surface area contributed by atoms with Gasteiger partial charge in [0, 0.05) is 5.66 Å². The van der Waals surface area contributed by atoms with Gasteiger partial charge in [0.15, 0.2) is 8.03 Å². The van der Waals surface area contributed by atoms with Crippen molar-refractivity contribution in [3.8, 4) is 0 Å². The molecule has 0 rings (SSSR count). The minimum Gasteiger partial charge on any atom is -0.346 e. The first-order chi connectivity index (χ1) is 5.67. The second kappa shape index (κ2) is 6.68. The summed E-state index contributed by atoms with van der Waals surface area (Å²) in [6, 6.07) is 0. The van der Waals surface area contributed by atoms with Gasteiger partial charge in [0.2, 0.25) is 0 Å². The number of hydrogen-bond donors (Lipinski definition) is 1. The molecule has 0 radical (unpaired) electrons. The summed E-state index contributed by atoms with van der Waals surface area (Å²) in [4.78, 5) is 9.09. The minimum absolute atomic E-state index is 0.0555. The maximum Gasteiger partial charge on any atom is 0.192 e. The molecule has 0 aliphatic rings. The van der Waals surface area contributed by atoms with E-state index in [-0.39, 0.29) is 5.66 Å². The van der Waals surface area contributed by atoms with Gasteiger partial charge in [-0.15, -0.1) is 0 Å². The fraction of sp³-hybridized carbons (Fsp3) is 1.00. The van der Waals surface area contributed by atoms with E-state index in [2.05, 4.69) is 13.8 Å². The van der Waals surface area contributed by atoms with E-state index >= 15 is 0 Å². The second-order valence-corrected chi connectivity index (χ2v) is 4.73. The summed E-state index contributed by atoms with van der Waals surface area (Å²) in [7, 11) is -2.31. The zero-order valence-corrected chi connectivity index (χ0v) is 9.34. The van der Waals surface area contributed by atoms with Gasteiger partial charge in [0.25, 0.3) is 0 Å². The summed E-state index contributed by atoms with van der Waals surface area (Å²) >= 11 is 0. The highest BCUT2D eigenvalue weighted by atomic mass is 31.1. The summed E-state index contributed by atoms with van der Waals surface area (Å²) in [6.07, 6.45) is 4.08. The van der Waals surface area contributed by atoms with Crippen molar-refractivity contribution in [2.75, 3.05) is 0 Å². The molecule has 0 bridgehead atoms. The van der Waals surface area contributed by atoms with Crippen LogP contribution in [0.5, 0.6) is 0 Å². The molecule has 2 nitrogen and oxygen atoms in total. The zero-order valence-electron chi connectivity index (χ0n) is 8.34. The molecule has 1 N–H and O–H groups in total.